The zero-order chi connectivity index (χ0) is 18.5. The second-order valence-corrected chi connectivity index (χ2v) is 6.45. The van der Waals surface area contributed by atoms with Gasteiger partial charge in [-0.15, -0.1) is 0 Å². The Bertz CT molecular complexity index is 903. The number of aromatic nitrogens is 2. The Morgan fingerprint density at radius 1 is 1.19 bits per heavy atom. The fourth-order valence-electron chi connectivity index (χ4n) is 2.71. The van der Waals surface area contributed by atoms with Gasteiger partial charge in [0.1, 0.15) is 17.1 Å². The summed E-state index contributed by atoms with van der Waals surface area (Å²) in [4.78, 5) is 17.3. The summed E-state index contributed by atoms with van der Waals surface area (Å²) >= 11 is 6.08. The van der Waals surface area contributed by atoms with Crippen LogP contribution in [0.15, 0.2) is 42.6 Å². The van der Waals surface area contributed by atoms with Gasteiger partial charge in [-0.3, -0.25) is 9.20 Å². The van der Waals surface area contributed by atoms with Crippen molar-refractivity contribution in [1.29, 1.82) is 0 Å². The molecule has 0 aliphatic rings. The number of hydrogen-bond donors (Lipinski definition) is 1. The van der Waals surface area contributed by atoms with Crippen molar-refractivity contribution < 1.29 is 9.53 Å². The number of fused-ring (bicyclic) bond motifs is 1. The minimum Gasteiger partial charge on any atom is -0.494 e. The highest BCUT2D eigenvalue weighted by Gasteiger charge is 2.18. The van der Waals surface area contributed by atoms with Gasteiger partial charge in [0.05, 0.1) is 17.3 Å². The van der Waals surface area contributed by atoms with Gasteiger partial charge in [0.25, 0.3) is 5.91 Å². The molecule has 2 aromatic heterocycles. The molecular formula is C20H22ClN3O2. The molecule has 6 heteroatoms. The molecule has 0 saturated carbocycles. The summed E-state index contributed by atoms with van der Waals surface area (Å²) < 4.78 is 7.38. The lowest BCUT2D eigenvalue weighted by Gasteiger charge is -2.09. The summed E-state index contributed by atoms with van der Waals surface area (Å²) in [6.45, 7) is 4.80. The van der Waals surface area contributed by atoms with Crippen molar-refractivity contribution in [2.75, 3.05) is 11.9 Å². The average molecular weight is 372 g/mol. The minimum atomic E-state index is -0.212. The molecule has 0 saturated heterocycles. The molecule has 0 unspecified atom stereocenters. The molecule has 3 aromatic rings. The molecule has 1 amide bonds. The first-order valence-corrected chi connectivity index (χ1v) is 9.20. The Balaban J connectivity index is 1.79. The molecule has 0 atom stereocenters. The van der Waals surface area contributed by atoms with Crippen molar-refractivity contribution in [3.8, 4) is 5.75 Å². The number of unbranched alkanes of at least 4 members (excludes halogenated alkanes) is 1. The monoisotopic (exact) mass is 371 g/mol. The lowest BCUT2D eigenvalue weighted by Crippen LogP contribution is -2.16. The van der Waals surface area contributed by atoms with Crippen molar-refractivity contribution in [2.24, 2.45) is 0 Å². The van der Waals surface area contributed by atoms with Gasteiger partial charge in [-0.1, -0.05) is 31.9 Å². The zero-order valence-electron chi connectivity index (χ0n) is 15.0. The van der Waals surface area contributed by atoms with E-state index in [2.05, 4.69) is 17.2 Å². The highest BCUT2D eigenvalue weighted by molar-refractivity contribution is 6.30. The first-order chi connectivity index (χ1) is 12.6. The van der Waals surface area contributed by atoms with Crippen molar-refractivity contribution in [2.45, 2.75) is 33.1 Å². The molecule has 0 radical (unpaired) electrons. The Labute approximate surface area is 158 Å². The molecular weight excluding hydrogens is 350 g/mol. The maximum absolute atomic E-state index is 12.8. The third-order valence-corrected chi connectivity index (χ3v) is 4.31. The third kappa shape index (κ3) is 3.99. The van der Waals surface area contributed by atoms with E-state index in [1.54, 1.807) is 22.7 Å². The fourth-order valence-corrected chi connectivity index (χ4v) is 2.87. The zero-order valence-corrected chi connectivity index (χ0v) is 15.7. The first-order valence-electron chi connectivity index (χ1n) is 8.83. The Morgan fingerprint density at radius 3 is 2.65 bits per heavy atom. The summed E-state index contributed by atoms with van der Waals surface area (Å²) in [5.41, 5.74) is 2.66. The van der Waals surface area contributed by atoms with Gasteiger partial charge in [-0.05, 0) is 49.2 Å². The van der Waals surface area contributed by atoms with Crippen LogP contribution < -0.4 is 10.1 Å². The Kier molecular flexibility index (Phi) is 5.78. The molecule has 0 aliphatic carbocycles. The molecule has 26 heavy (non-hydrogen) atoms. The van der Waals surface area contributed by atoms with Crippen molar-refractivity contribution >= 4 is 28.8 Å². The van der Waals surface area contributed by atoms with Crippen LogP contribution >= 0.6 is 11.6 Å². The number of hydrogen-bond acceptors (Lipinski definition) is 3. The average Bonchev–Trinajstić information content (AvgIpc) is 3.01. The summed E-state index contributed by atoms with van der Waals surface area (Å²) in [6.07, 6.45) is 4.49. The van der Waals surface area contributed by atoms with E-state index in [4.69, 9.17) is 16.3 Å². The van der Waals surface area contributed by atoms with Crippen LogP contribution in [0, 0.1) is 0 Å². The van der Waals surface area contributed by atoms with E-state index >= 15 is 0 Å². The second kappa shape index (κ2) is 8.23. The maximum Gasteiger partial charge on any atom is 0.274 e. The van der Waals surface area contributed by atoms with Crippen LogP contribution in [-0.4, -0.2) is 21.9 Å². The highest BCUT2D eigenvalue weighted by Crippen LogP contribution is 2.20. The molecule has 2 heterocycles. The number of halogens is 1. The lowest BCUT2D eigenvalue weighted by atomic mass is 10.2. The number of ether oxygens (including phenoxy) is 1. The van der Waals surface area contributed by atoms with Crippen molar-refractivity contribution in [3.63, 3.8) is 0 Å². The number of nitrogens with zero attached hydrogens (tertiary/aromatic N) is 2. The van der Waals surface area contributed by atoms with E-state index in [9.17, 15) is 4.79 Å². The standard InChI is InChI=1S/C20H22ClN3O2/c1-3-5-12-26-16-9-7-15(8-10-16)22-20(25)19-17(4-2)23-18-11-6-14(21)13-24(18)19/h6-11,13H,3-5,12H2,1-2H3,(H,22,25). The molecule has 136 valence electrons. The molecule has 5 nitrogen and oxygen atoms in total. The highest BCUT2D eigenvalue weighted by atomic mass is 35.5. The largest absolute Gasteiger partial charge is 0.494 e. The first kappa shape index (κ1) is 18.3. The maximum atomic E-state index is 12.8. The SMILES string of the molecule is CCCCOc1ccc(NC(=O)c2c(CC)nc3ccc(Cl)cn23)cc1. The van der Waals surface area contributed by atoms with Crippen molar-refractivity contribution in [3.05, 3.63) is 59.0 Å². The topological polar surface area (TPSA) is 55.6 Å². The van der Waals surface area contributed by atoms with E-state index in [-0.39, 0.29) is 5.91 Å². The lowest BCUT2D eigenvalue weighted by molar-refractivity contribution is 0.102. The number of carbonyl (C=O) groups excluding carboxylic acids is 1. The summed E-state index contributed by atoms with van der Waals surface area (Å²) in [5.74, 6) is 0.587. The van der Waals surface area contributed by atoms with Crippen molar-refractivity contribution in [1.82, 2.24) is 9.38 Å². The van der Waals surface area contributed by atoms with E-state index in [0.29, 0.717) is 35.1 Å². The van der Waals surface area contributed by atoms with Gasteiger partial charge in [0.2, 0.25) is 0 Å². The predicted molar refractivity (Wildman–Crippen MR) is 104 cm³/mol. The van der Waals surface area contributed by atoms with E-state index < -0.39 is 0 Å². The quantitative estimate of drug-likeness (QED) is 0.596. The summed E-state index contributed by atoms with van der Waals surface area (Å²) in [7, 11) is 0. The summed E-state index contributed by atoms with van der Waals surface area (Å²) in [5, 5.41) is 3.48. The smallest absolute Gasteiger partial charge is 0.274 e. The van der Waals surface area contributed by atoms with E-state index in [1.165, 1.54) is 0 Å². The molecule has 3 rings (SSSR count). The molecule has 1 N–H and O–H groups in total. The van der Waals surface area contributed by atoms with Crippen LogP contribution in [0.2, 0.25) is 5.02 Å². The Morgan fingerprint density at radius 2 is 1.96 bits per heavy atom. The molecule has 1 aromatic carbocycles. The number of rotatable bonds is 7. The molecule has 0 spiro atoms. The van der Waals surface area contributed by atoms with Crippen LogP contribution in [0.4, 0.5) is 5.69 Å². The van der Waals surface area contributed by atoms with Crippen LogP contribution in [0.3, 0.4) is 0 Å². The summed E-state index contributed by atoms with van der Waals surface area (Å²) in [6, 6.07) is 11.0. The molecule has 0 bridgehead atoms. The number of benzene rings is 1. The number of carbonyl (C=O) groups is 1. The number of nitrogens with one attached hydrogen (secondary N) is 1. The normalized spacial score (nSPS) is 10.9. The fraction of sp³-hybridized carbons (Fsp3) is 0.300. The number of aryl methyl sites for hydroxylation is 1. The molecule has 0 fully saturated rings. The minimum absolute atomic E-state index is 0.212. The van der Waals surface area contributed by atoms with Gasteiger partial charge in [0.15, 0.2) is 0 Å². The van der Waals surface area contributed by atoms with Crippen LogP contribution in [0.25, 0.3) is 5.65 Å². The van der Waals surface area contributed by atoms with Gasteiger partial charge >= 0.3 is 0 Å². The third-order valence-electron chi connectivity index (χ3n) is 4.08. The van der Waals surface area contributed by atoms with E-state index in [1.807, 2.05) is 31.2 Å². The number of anilines is 1. The van der Waals surface area contributed by atoms with Gasteiger partial charge < -0.3 is 10.1 Å². The number of imidazole rings is 1. The Hall–Kier alpha value is -2.53. The van der Waals surface area contributed by atoms with E-state index in [0.717, 1.165) is 24.3 Å². The van der Waals surface area contributed by atoms with Gasteiger partial charge in [0, 0.05) is 11.9 Å². The second-order valence-electron chi connectivity index (χ2n) is 6.02. The molecule has 0 aliphatic heterocycles. The van der Waals surface area contributed by atoms with Crippen LogP contribution in [0.5, 0.6) is 5.75 Å². The number of amides is 1. The van der Waals surface area contributed by atoms with Crippen LogP contribution in [0.1, 0.15) is 42.9 Å². The van der Waals surface area contributed by atoms with Crippen LogP contribution in [-0.2, 0) is 6.42 Å². The predicted octanol–water partition coefficient (Wildman–Crippen LogP) is 4.98. The van der Waals surface area contributed by atoms with Gasteiger partial charge in [-0.25, -0.2) is 4.98 Å². The van der Waals surface area contributed by atoms with Gasteiger partial charge in [-0.2, -0.15) is 0 Å². The number of pyridine rings is 1.